The molecule has 0 spiro atoms. The minimum absolute atomic E-state index is 0.298. The van der Waals surface area contributed by atoms with E-state index in [1.165, 1.54) is 30.8 Å². The Hall–Kier alpha value is -1.62. The van der Waals surface area contributed by atoms with Crippen LogP contribution < -0.4 is 9.47 Å². The molecule has 0 aliphatic rings. The Morgan fingerprint density at radius 2 is 2.06 bits per heavy atom. The van der Waals surface area contributed by atoms with Crippen molar-refractivity contribution < 1.29 is 13.9 Å². The van der Waals surface area contributed by atoms with Crippen molar-refractivity contribution in [3.05, 3.63) is 30.1 Å². The van der Waals surface area contributed by atoms with Crippen LogP contribution in [0.2, 0.25) is 0 Å². The van der Waals surface area contributed by atoms with Gasteiger partial charge in [0.25, 0.3) is 0 Å². The zero-order valence-electron chi connectivity index (χ0n) is 8.86. The lowest BCUT2D eigenvalue weighted by Gasteiger charge is -2.04. The highest BCUT2D eigenvalue weighted by Gasteiger charge is 2.17. The number of benzene rings is 1. The predicted octanol–water partition coefficient (Wildman–Crippen LogP) is 2.97. The van der Waals surface area contributed by atoms with Gasteiger partial charge in [-0.1, -0.05) is 12.1 Å². The Morgan fingerprint density at radius 3 is 2.69 bits per heavy atom. The second-order valence-corrected chi connectivity index (χ2v) is 3.80. The summed E-state index contributed by atoms with van der Waals surface area (Å²) in [5, 5.41) is 0.613. The molecule has 0 amide bonds. The Labute approximate surface area is 96.6 Å². The fourth-order valence-corrected chi connectivity index (χ4v) is 2.13. The first-order valence-electron chi connectivity index (χ1n) is 4.60. The van der Waals surface area contributed by atoms with E-state index >= 15 is 0 Å². The van der Waals surface area contributed by atoms with Gasteiger partial charge in [0.05, 0.1) is 19.8 Å². The number of halogens is 1. The van der Waals surface area contributed by atoms with Gasteiger partial charge < -0.3 is 9.47 Å². The molecule has 1 aromatic carbocycles. The third-order valence-corrected chi connectivity index (χ3v) is 2.92. The maximum atomic E-state index is 13.1. The third kappa shape index (κ3) is 1.86. The molecule has 0 unspecified atom stereocenters. The van der Waals surface area contributed by atoms with Crippen molar-refractivity contribution >= 4 is 11.5 Å². The van der Waals surface area contributed by atoms with Crippen molar-refractivity contribution in [2.24, 2.45) is 0 Å². The van der Waals surface area contributed by atoms with Crippen molar-refractivity contribution in [3.8, 4) is 22.1 Å². The largest absolute Gasteiger partial charge is 0.486 e. The van der Waals surface area contributed by atoms with E-state index in [1.54, 1.807) is 19.2 Å². The maximum absolute atomic E-state index is 13.1. The molecule has 2 rings (SSSR count). The molecule has 0 fully saturated rings. The van der Waals surface area contributed by atoms with Gasteiger partial charge in [-0.15, -0.1) is 0 Å². The second kappa shape index (κ2) is 4.49. The number of hydrogen-bond donors (Lipinski definition) is 0. The predicted molar refractivity (Wildman–Crippen MR) is 60.6 cm³/mol. The summed E-state index contributed by atoms with van der Waals surface area (Å²) >= 11 is 1.18. The van der Waals surface area contributed by atoms with Gasteiger partial charge in [-0.2, -0.15) is 4.37 Å². The highest BCUT2D eigenvalue weighted by Crippen LogP contribution is 2.41. The summed E-state index contributed by atoms with van der Waals surface area (Å²) in [5.74, 6) is 0.153. The van der Waals surface area contributed by atoms with Crippen LogP contribution >= 0.6 is 11.5 Å². The van der Waals surface area contributed by atoms with Crippen LogP contribution in [0.25, 0.3) is 11.1 Å². The lowest BCUT2D eigenvalue weighted by atomic mass is 10.1. The normalized spacial score (nSPS) is 10.2. The summed E-state index contributed by atoms with van der Waals surface area (Å²) in [7, 11) is 3.08. The minimum Gasteiger partial charge on any atom is -0.486 e. The average molecular weight is 239 g/mol. The van der Waals surface area contributed by atoms with Crippen LogP contribution in [0.5, 0.6) is 10.9 Å². The third-order valence-electron chi connectivity index (χ3n) is 2.12. The van der Waals surface area contributed by atoms with Crippen LogP contribution in [0.3, 0.4) is 0 Å². The smallest absolute Gasteiger partial charge is 0.236 e. The molecule has 1 heterocycles. The number of nitrogens with zero attached hydrogens (tertiary/aromatic N) is 1. The molecule has 0 N–H and O–H groups in total. The zero-order chi connectivity index (χ0) is 11.5. The van der Waals surface area contributed by atoms with Crippen LogP contribution in [0.1, 0.15) is 0 Å². The topological polar surface area (TPSA) is 31.4 Å². The molecule has 0 saturated carbocycles. The standard InChI is InChI=1S/C11H10FNO2S/c1-14-10-9(11(15-2)16-13-10)7-4-3-5-8(12)6-7/h3-6H,1-2H3. The summed E-state index contributed by atoms with van der Waals surface area (Å²) in [6, 6.07) is 6.25. The lowest BCUT2D eigenvalue weighted by molar-refractivity contribution is 0.398. The van der Waals surface area contributed by atoms with E-state index in [2.05, 4.69) is 4.37 Å². The summed E-state index contributed by atoms with van der Waals surface area (Å²) < 4.78 is 27.5. The van der Waals surface area contributed by atoms with Gasteiger partial charge in [-0.3, -0.25) is 0 Å². The van der Waals surface area contributed by atoms with Gasteiger partial charge >= 0.3 is 0 Å². The van der Waals surface area contributed by atoms with Gasteiger partial charge in [-0.05, 0) is 17.7 Å². The van der Waals surface area contributed by atoms with E-state index in [-0.39, 0.29) is 5.82 Å². The van der Waals surface area contributed by atoms with Crippen molar-refractivity contribution in [1.29, 1.82) is 0 Å². The number of ether oxygens (including phenoxy) is 2. The fourth-order valence-electron chi connectivity index (χ4n) is 1.43. The van der Waals surface area contributed by atoms with E-state index < -0.39 is 0 Å². The fraction of sp³-hybridized carbons (Fsp3) is 0.182. The van der Waals surface area contributed by atoms with Gasteiger partial charge in [0, 0.05) is 11.5 Å². The van der Waals surface area contributed by atoms with Crippen molar-refractivity contribution in [1.82, 2.24) is 4.37 Å². The van der Waals surface area contributed by atoms with Crippen LogP contribution in [0.4, 0.5) is 4.39 Å². The first-order valence-corrected chi connectivity index (χ1v) is 5.37. The SMILES string of the molecule is COc1nsc(OC)c1-c1cccc(F)c1. The molecule has 1 aromatic heterocycles. The molecular formula is C11H10FNO2S. The van der Waals surface area contributed by atoms with Crippen LogP contribution in [-0.2, 0) is 0 Å². The number of aromatic nitrogens is 1. The molecule has 0 saturated heterocycles. The first kappa shape index (κ1) is 10.9. The maximum Gasteiger partial charge on any atom is 0.236 e. The Bertz CT molecular complexity index is 477. The van der Waals surface area contributed by atoms with Gasteiger partial charge in [0.1, 0.15) is 5.82 Å². The Balaban J connectivity index is 2.57. The van der Waals surface area contributed by atoms with Gasteiger partial charge in [-0.25, -0.2) is 4.39 Å². The molecule has 3 nitrogen and oxygen atoms in total. The molecule has 84 valence electrons. The van der Waals surface area contributed by atoms with E-state index in [4.69, 9.17) is 9.47 Å². The molecule has 0 aliphatic carbocycles. The monoisotopic (exact) mass is 239 g/mol. The number of methoxy groups -OCH3 is 2. The van der Waals surface area contributed by atoms with Crippen LogP contribution in [0, 0.1) is 5.82 Å². The van der Waals surface area contributed by atoms with E-state index in [1.807, 2.05) is 0 Å². The van der Waals surface area contributed by atoms with Crippen molar-refractivity contribution in [3.63, 3.8) is 0 Å². The minimum atomic E-state index is -0.298. The summed E-state index contributed by atoms with van der Waals surface area (Å²) in [4.78, 5) is 0. The molecule has 0 aliphatic heterocycles. The Kier molecular flexibility index (Phi) is 3.05. The molecule has 5 heteroatoms. The lowest BCUT2D eigenvalue weighted by Crippen LogP contribution is -1.88. The van der Waals surface area contributed by atoms with Crippen molar-refractivity contribution in [2.75, 3.05) is 14.2 Å². The van der Waals surface area contributed by atoms with Crippen LogP contribution in [0.15, 0.2) is 24.3 Å². The summed E-state index contributed by atoms with van der Waals surface area (Å²) in [6.45, 7) is 0. The molecule has 0 radical (unpaired) electrons. The summed E-state index contributed by atoms with van der Waals surface area (Å²) in [5.41, 5.74) is 1.39. The zero-order valence-corrected chi connectivity index (χ0v) is 9.68. The molecule has 2 aromatic rings. The summed E-state index contributed by atoms with van der Waals surface area (Å²) in [6.07, 6.45) is 0. The van der Waals surface area contributed by atoms with E-state index in [0.29, 0.717) is 22.1 Å². The molecule has 0 bridgehead atoms. The van der Waals surface area contributed by atoms with Crippen LogP contribution in [-0.4, -0.2) is 18.6 Å². The Morgan fingerprint density at radius 1 is 1.25 bits per heavy atom. The van der Waals surface area contributed by atoms with Gasteiger partial charge in [0.15, 0.2) is 0 Å². The average Bonchev–Trinajstić information content (AvgIpc) is 2.71. The molecular weight excluding hydrogens is 229 g/mol. The second-order valence-electron chi connectivity index (χ2n) is 3.07. The van der Waals surface area contributed by atoms with Crippen molar-refractivity contribution in [2.45, 2.75) is 0 Å². The number of hydrogen-bond acceptors (Lipinski definition) is 4. The highest BCUT2D eigenvalue weighted by atomic mass is 32.1. The van der Waals surface area contributed by atoms with E-state index in [0.717, 1.165) is 0 Å². The van der Waals surface area contributed by atoms with Gasteiger partial charge in [0.2, 0.25) is 10.9 Å². The quantitative estimate of drug-likeness (QED) is 0.825. The first-order chi connectivity index (χ1) is 7.76. The van der Waals surface area contributed by atoms with E-state index in [9.17, 15) is 4.39 Å². The molecule has 0 atom stereocenters. The molecule has 16 heavy (non-hydrogen) atoms. The number of rotatable bonds is 3. The highest BCUT2D eigenvalue weighted by molar-refractivity contribution is 7.08.